The molecule has 112 valence electrons. The Hall–Kier alpha value is -0.900. The Morgan fingerprint density at radius 3 is 2.40 bits per heavy atom. The molecule has 2 atom stereocenters. The minimum Gasteiger partial charge on any atom is -0.374 e. The Bertz CT molecular complexity index is 422. The van der Waals surface area contributed by atoms with Crippen molar-refractivity contribution in [3.05, 3.63) is 35.4 Å². The van der Waals surface area contributed by atoms with E-state index in [0.717, 1.165) is 19.7 Å². The molecule has 0 aromatic heterocycles. The molecule has 1 heterocycles. The van der Waals surface area contributed by atoms with Gasteiger partial charge in [0.05, 0.1) is 18.8 Å². The van der Waals surface area contributed by atoms with Gasteiger partial charge in [0, 0.05) is 13.1 Å². The first-order chi connectivity index (χ1) is 9.41. The zero-order valence-corrected chi connectivity index (χ0v) is 13.4. The Morgan fingerprint density at radius 2 is 1.90 bits per heavy atom. The van der Waals surface area contributed by atoms with E-state index >= 15 is 0 Å². The lowest BCUT2D eigenvalue weighted by molar-refractivity contribution is -0.0380. The third kappa shape index (κ3) is 3.60. The van der Waals surface area contributed by atoms with Gasteiger partial charge in [-0.15, -0.1) is 0 Å². The number of nitrogens with zero attached hydrogens (tertiary/aromatic N) is 1. The van der Waals surface area contributed by atoms with Crippen molar-refractivity contribution in [2.24, 2.45) is 0 Å². The molecule has 3 nitrogen and oxygen atoms in total. The van der Waals surface area contributed by atoms with Gasteiger partial charge in [0.1, 0.15) is 0 Å². The van der Waals surface area contributed by atoms with Crippen LogP contribution in [0.3, 0.4) is 0 Å². The van der Waals surface area contributed by atoms with Gasteiger partial charge < -0.3 is 15.0 Å². The summed E-state index contributed by atoms with van der Waals surface area (Å²) >= 11 is 0. The predicted molar refractivity (Wildman–Crippen MR) is 84.2 cm³/mol. The van der Waals surface area contributed by atoms with E-state index in [1.165, 1.54) is 11.1 Å². The fraction of sp³-hybridized carbons (Fsp3) is 0.647. The van der Waals surface area contributed by atoms with Crippen molar-refractivity contribution in [2.75, 3.05) is 33.8 Å². The van der Waals surface area contributed by atoms with Gasteiger partial charge in [0.25, 0.3) is 0 Å². The second kappa shape index (κ2) is 6.25. The topological polar surface area (TPSA) is 24.5 Å². The van der Waals surface area contributed by atoms with Crippen LogP contribution in [-0.4, -0.2) is 44.8 Å². The average Bonchev–Trinajstić information content (AvgIpc) is 2.39. The maximum Gasteiger partial charge on any atom is 0.0896 e. The van der Waals surface area contributed by atoms with Crippen LogP contribution in [0.15, 0.2) is 24.3 Å². The molecule has 0 spiro atoms. The molecule has 1 fully saturated rings. The Balaban J connectivity index is 2.15. The van der Waals surface area contributed by atoms with E-state index in [1.807, 2.05) is 7.05 Å². The quantitative estimate of drug-likeness (QED) is 0.918. The van der Waals surface area contributed by atoms with Gasteiger partial charge in [-0.1, -0.05) is 45.0 Å². The second-order valence-electron chi connectivity index (χ2n) is 6.81. The molecule has 1 aromatic carbocycles. The monoisotopic (exact) mass is 276 g/mol. The van der Waals surface area contributed by atoms with E-state index in [9.17, 15) is 0 Å². The number of rotatable bonds is 3. The average molecular weight is 276 g/mol. The van der Waals surface area contributed by atoms with Crippen LogP contribution in [0.25, 0.3) is 0 Å². The summed E-state index contributed by atoms with van der Waals surface area (Å²) in [6.45, 7) is 9.56. The van der Waals surface area contributed by atoms with Gasteiger partial charge in [-0.05, 0) is 30.6 Å². The van der Waals surface area contributed by atoms with Crippen LogP contribution in [0, 0.1) is 0 Å². The highest BCUT2D eigenvalue weighted by Gasteiger charge is 2.27. The lowest BCUT2D eigenvalue weighted by Gasteiger charge is -2.35. The van der Waals surface area contributed by atoms with Crippen molar-refractivity contribution in [1.29, 1.82) is 0 Å². The van der Waals surface area contributed by atoms with Crippen molar-refractivity contribution >= 4 is 0 Å². The van der Waals surface area contributed by atoms with Gasteiger partial charge in [-0.3, -0.25) is 0 Å². The number of hydrogen-bond acceptors (Lipinski definition) is 3. The van der Waals surface area contributed by atoms with Crippen molar-refractivity contribution in [3.63, 3.8) is 0 Å². The molecule has 3 heteroatoms. The number of morpholine rings is 1. The van der Waals surface area contributed by atoms with Crippen molar-refractivity contribution in [1.82, 2.24) is 10.2 Å². The normalized spacial score (nSPS) is 22.8. The summed E-state index contributed by atoms with van der Waals surface area (Å²) in [5, 5.41) is 3.42. The summed E-state index contributed by atoms with van der Waals surface area (Å²) in [7, 11) is 4.17. The van der Waals surface area contributed by atoms with E-state index < -0.39 is 0 Å². The fourth-order valence-electron chi connectivity index (χ4n) is 2.77. The molecule has 1 aliphatic heterocycles. The Morgan fingerprint density at radius 1 is 1.25 bits per heavy atom. The van der Waals surface area contributed by atoms with Crippen molar-refractivity contribution < 1.29 is 4.74 Å². The first-order valence-corrected chi connectivity index (χ1v) is 7.49. The molecule has 0 saturated carbocycles. The zero-order chi connectivity index (χ0) is 14.8. The van der Waals surface area contributed by atoms with E-state index in [-0.39, 0.29) is 17.6 Å². The van der Waals surface area contributed by atoms with Crippen LogP contribution in [0.1, 0.15) is 37.9 Å². The summed E-state index contributed by atoms with van der Waals surface area (Å²) in [4.78, 5) is 2.34. The number of nitrogens with one attached hydrogen (secondary N) is 1. The van der Waals surface area contributed by atoms with E-state index in [4.69, 9.17) is 4.74 Å². The second-order valence-corrected chi connectivity index (χ2v) is 6.81. The van der Waals surface area contributed by atoms with E-state index in [1.54, 1.807) is 0 Å². The largest absolute Gasteiger partial charge is 0.374 e. The van der Waals surface area contributed by atoms with Crippen LogP contribution >= 0.6 is 0 Å². The summed E-state index contributed by atoms with van der Waals surface area (Å²) in [5.74, 6) is 0. The molecule has 0 bridgehead atoms. The first-order valence-electron chi connectivity index (χ1n) is 7.49. The Labute approximate surface area is 123 Å². The maximum absolute atomic E-state index is 5.95. The predicted octanol–water partition coefficient (Wildman–Crippen LogP) is 2.58. The minimum absolute atomic E-state index is 0.204. The molecule has 1 N–H and O–H groups in total. The van der Waals surface area contributed by atoms with Gasteiger partial charge in [0.15, 0.2) is 0 Å². The van der Waals surface area contributed by atoms with Crippen LogP contribution in [0.2, 0.25) is 0 Å². The lowest BCUT2D eigenvalue weighted by Crippen LogP contribution is -2.46. The number of hydrogen-bond donors (Lipinski definition) is 1. The molecular weight excluding hydrogens is 248 g/mol. The van der Waals surface area contributed by atoms with Gasteiger partial charge in [-0.25, -0.2) is 0 Å². The molecular formula is C17H28N2O. The molecule has 1 saturated heterocycles. The van der Waals surface area contributed by atoms with E-state index in [0.29, 0.717) is 0 Å². The highest BCUT2D eigenvalue weighted by molar-refractivity contribution is 5.30. The minimum atomic E-state index is 0.204. The van der Waals surface area contributed by atoms with Crippen LogP contribution in [-0.2, 0) is 10.2 Å². The fourth-order valence-corrected chi connectivity index (χ4v) is 2.77. The molecule has 0 radical (unpaired) electrons. The molecule has 0 amide bonds. The van der Waals surface area contributed by atoms with Crippen LogP contribution in [0.5, 0.6) is 0 Å². The first kappa shape index (κ1) is 15.5. The van der Waals surface area contributed by atoms with Gasteiger partial charge in [-0.2, -0.15) is 0 Å². The third-order valence-corrected chi connectivity index (χ3v) is 4.12. The lowest BCUT2D eigenvalue weighted by atomic mass is 9.86. The van der Waals surface area contributed by atoms with E-state index in [2.05, 4.69) is 62.3 Å². The van der Waals surface area contributed by atoms with Crippen LogP contribution < -0.4 is 5.32 Å². The van der Waals surface area contributed by atoms with Crippen molar-refractivity contribution in [2.45, 2.75) is 38.3 Å². The maximum atomic E-state index is 5.95. The molecule has 1 aromatic rings. The molecule has 2 rings (SSSR count). The molecule has 1 aliphatic rings. The number of likely N-dealkylation sites (N-methyl/N-ethyl adjacent to an activating group) is 2. The zero-order valence-electron chi connectivity index (χ0n) is 13.4. The standard InChI is InChI=1S/C17H28N2O/c1-17(2,3)14-8-6-13(7-9-14)16(18-4)15-12-19(5)10-11-20-15/h6-9,15-16,18H,10-12H2,1-5H3. The third-order valence-electron chi connectivity index (χ3n) is 4.12. The van der Waals surface area contributed by atoms with Gasteiger partial charge in [0.2, 0.25) is 0 Å². The SMILES string of the molecule is CNC(c1ccc(C(C)(C)C)cc1)C1CN(C)CCO1. The van der Waals surface area contributed by atoms with Crippen molar-refractivity contribution in [3.8, 4) is 0 Å². The molecule has 20 heavy (non-hydrogen) atoms. The summed E-state index contributed by atoms with van der Waals surface area (Å²) < 4.78 is 5.95. The molecule has 0 aliphatic carbocycles. The molecule has 2 unspecified atom stereocenters. The highest BCUT2D eigenvalue weighted by Crippen LogP contribution is 2.26. The summed E-state index contributed by atoms with van der Waals surface area (Å²) in [5.41, 5.74) is 2.88. The van der Waals surface area contributed by atoms with Gasteiger partial charge >= 0.3 is 0 Å². The Kier molecular flexibility index (Phi) is 4.84. The summed E-state index contributed by atoms with van der Waals surface area (Å²) in [6, 6.07) is 9.21. The smallest absolute Gasteiger partial charge is 0.0896 e. The van der Waals surface area contributed by atoms with Crippen LogP contribution in [0.4, 0.5) is 0 Å². The number of ether oxygens (including phenoxy) is 1. The number of benzene rings is 1. The summed E-state index contributed by atoms with van der Waals surface area (Å²) in [6.07, 6.45) is 0.222. The highest BCUT2D eigenvalue weighted by atomic mass is 16.5.